The number of aromatic nitrogens is 2. The summed E-state index contributed by atoms with van der Waals surface area (Å²) in [5.74, 6) is 0. The molecule has 0 N–H and O–H groups in total. The predicted octanol–water partition coefficient (Wildman–Crippen LogP) is 2.30. The Morgan fingerprint density at radius 3 is 2.56 bits per heavy atom. The monoisotopic (exact) mass is 246 g/mol. The summed E-state index contributed by atoms with van der Waals surface area (Å²) in [4.78, 5) is 2.48. The Morgan fingerprint density at radius 1 is 1.44 bits per heavy atom. The van der Waals surface area contributed by atoms with Crippen LogP contribution in [0.15, 0.2) is 12.4 Å². The molecular weight excluding hydrogens is 224 g/mol. The highest BCUT2D eigenvalue weighted by Crippen LogP contribution is 2.39. The zero-order chi connectivity index (χ0) is 13.2. The standard InChI is InChI=1S/C12H16N4.C2H6/c1-10-6-14-16(7-10)12(4-5-13)8-15(9-12)11-2-3-11;1-2/h6-7,11H,2-4,8-9H2,1H3;1-2H3. The van der Waals surface area contributed by atoms with Gasteiger partial charge in [0.1, 0.15) is 5.54 Å². The summed E-state index contributed by atoms with van der Waals surface area (Å²) in [5, 5.41) is 13.3. The van der Waals surface area contributed by atoms with Gasteiger partial charge >= 0.3 is 0 Å². The van der Waals surface area contributed by atoms with Crippen molar-refractivity contribution in [2.75, 3.05) is 13.1 Å². The van der Waals surface area contributed by atoms with Crippen LogP contribution in [0.1, 0.15) is 38.7 Å². The third-order valence-corrected chi connectivity index (χ3v) is 3.66. The first kappa shape index (κ1) is 13.1. The van der Waals surface area contributed by atoms with Crippen molar-refractivity contribution in [3.05, 3.63) is 18.0 Å². The van der Waals surface area contributed by atoms with Gasteiger partial charge < -0.3 is 0 Å². The SMILES string of the molecule is CC.Cc1cnn(C2(CC#N)CN(C3CC3)C2)c1. The summed E-state index contributed by atoms with van der Waals surface area (Å²) < 4.78 is 2.00. The molecule has 0 aromatic carbocycles. The minimum absolute atomic E-state index is 0.0500. The quantitative estimate of drug-likeness (QED) is 0.822. The lowest BCUT2D eigenvalue weighted by atomic mass is 9.86. The van der Waals surface area contributed by atoms with Gasteiger partial charge in [-0.05, 0) is 25.3 Å². The first-order valence-corrected chi connectivity index (χ1v) is 6.86. The van der Waals surface area contributed by atoms with E-state index >= 15 is 0 Å². The number of nitrogens with zero attached hydrogens (tertiary/aromatic N) is 4. The van der Waals surface area contributed by atoms with Crippen molar-refractivity contribution in [1.82, 2.24) is 14.7 Å². The molecule has 2 aliphatic rings. The van der Waals surface area contributed by atoms with Crippen LogP contribution in [0.25, 0.3) is 0 Å². The maximum atomic E-state index is 8.97. The highest BCUT2D eigenvalue weighted by Gasteiger charge is 2.49. The fraction of sp³-hybridized carbons (Fsp3) is 0.714. The molecule has 4 nitrogen and oxygen atoms in total. The van der Waals surface area contributed by atoms with Crippen LogP contribution < -0.4 is 0 Å². The van der Waals surface area contributed by atoms with Crippen molar-refractivity contribution in [3.63, 3.8) is 0 Å². The molecule has 4 heteroatoms. The Hall–Kier alpha value is -1.34. The molecule has 0 amide bonds. The van der Waals surface area contributed by atoms with Gasteiger partial charge in [-0.3, -0.25) is 9.58 Å². The third kappa shape index (κ3) is 2.28. The van der Waals surface area contributed by atoms with E-state index < -0.39 is 0 Å². The topological polar surface area (TPSA) is 44.9 Å². The number of hydrogen-bond acceptors (Lipinski definition) is 3. The number of likely N-dealkylation sites (tertiary alicyclic amines) is 1. The molecule has 0 bridgehead atoms. The largest absolute Gasteiger partial charge is 0.295 e. The first-order valence-electron chi connectivity index (χ1n) is 6.86. The molecule has 0 radical (unpaired) electrons. The Balaban J connectivity index is 0.000000574. The fourth-order valence-corrected chi connectivity index (χ4v) is 2.56. The van der Waals surface area contributed by atoms with Crippen LogP contribution >= 0.6 is 0 Å². The Kier molecular flexibility index (Phi) is 3.72. The second-order valence-corrected chi connectivity index (χ2v) is 5.16. The van der Waals surface area contributed by atoms with Gasteiger partial charge in [-0.2, -0.15) is 10.4 Å². The maximum absolute atomic E-state index is 8.97. The molecule has 2 fully saturated rings. The molecule has 1 saturated heterocycles. The fourth-order valence-electron chi connectivity index (χ4n) is 2.56. The van der Waals surface area contributed by atoms with Crippen LogP contribution in [0.3, 0.4) is 0 Å². The van der Waals surface area contributed by atoms with Crippen LogP contribution in [0.5, 0.6) is 0 Å². The molecule has 2 heterocycles. The van der Waals surface area contributed by atoms with Crippen LogP contribution in [0.4, 0.5) is 0 Å². The summed E-state index contributed by atoms with van der Waals surface area (Å²) >= 11 is 0. The zero-order valence-electron chi connectivity index (χ0n) is 11.6. The van der Waals surface area contributed by atoms with Crippen molar-refractivity contribution in [1.29, 1.82) is 5.26 Å². The van der Waals surface area contributed by atoms with E-state index in [1.54, 1.807) is 0 Å². The Labute approximate surface area is 109 Å². The number of rotatable bonds is 3. The lowest BCUT2D eigenvalue weighted by Gasteiger charge is -2.49. The van der Waals surface area contributed by atoms with Gasteiger partial charge in [0.15, 0.2) is 0 Å². The summed E-state index contributed by atoms with van der Waals surface area (Å²) in [7, 11) is 0. The summed E-state index contributed by atoms with van der Waals surface area (Å²) in [6.45, 7) is 8.03. The first-order chi connectivity index (χ1) is 8.73. The Bertz CT molecular complexity index is 433. The van der Waals surface area contributed by atoms with E-state index in [0.29, 0.717) is 6.42 Å². The van der Waals surface area contributed by atoms with Crippen molar-refractivity contribution in [3.8, 4) is 6.07 Å². The van der Waals surface area contributed by atoms with E-state index in [1.165, 1.54) is 18.4 Å². The van der Waals surface area contributed by atoms with Crippen molar-refractivity contribution >= 4 is 0 Å². The second kappa shape index (κ2) is 5.11. The lowest BCUT2D eigenvalue weighted by molar-refractivity contribution is -0.00119. The molecule has 0 atom stereocenters. The zero-order valence-corrected chi connectivity index (χ0v) is 11.6. The average molecular weight is 246 g/mol. The molecule has 1 aliphatic carbocycles. The molecule has 1 saturated carbocycles. The van der Waals surface area contributed by atoms with E-state index in [4.69, 9.17) is 5.26 Å². The van der Waals surface area contributed by atoms with Crippen molar-refractivity contribution in [2.24, 2.45) is 0 Å². The molecule has 3 rings (SSSR count). The van der Waals surface area contributed by atoms with Gasteiger partial charge in [0.25, 0.3) is 0 Å². The summed E-state index contributed by atoms with van der Waals surface area (Å²) in [6.07, 6.45) is 7.17. The molecule has 1 aromatic rings. The minimum Gasteiger partial charge on any atom is -0.295 e. The van der Waals surface area contributed by atoms with Crippen LogP contribution in [0.2, 0.25) is 0 Å². The third-order valence-electron chi connectivity index (χ3n) is 3.66. The smallest absolute Gasteiger partial charge is 0.101 e. The van der Waals surface area contributed by atoms with Crippen LogP contribution in [-0.4, -0.2) is 33.8 Å². The minimum atomic E-state index is -0.0500. The van der Waals surface area contributed by atoms with Gasteiger partial charge in [0, 0.05) is 25.3 Å². The molecule has 1 aromatic heterocycles. The van der Waals surface area contributed by atoms with E-state index in [-0.39, 0.29) is 5.54 Å². The van der Waals surface area contributed by atoms with E-state index in [1.807, 2.05) is 31.6 Å². The van der Waals surface area contributed by atoms with Gasteiger partial charge in [-0.25, -0.2) is 0 Å². The summed E-state index contributed by atoms with van der Waals surface area (Å²) in [6, 6.07) is 3.11. The Morgan fingerprint density at radius 2 is 2.11 bits per heavy atom. The van der Waals surface area contributed by atoms with E-state index in [0.717, 1.165) is 19.1 Å². The van der Waals surface area contributed by atoms with Crippen molar-refractivity contribution in [2.45, 2.75) is 51.6 Å². The average Bonchev–Trinajstić information content (AvgIpc) is 3.08. The molecular formula is C14H22N4. The van der Waals surface area contributed by atoms with Crippen LogP contribution in [0, 0.1) is 18.3 Å². The number of aryl methyl sites for hydroxylation is 1. The van der Waals surface area contributed by atoms with Gasteiger partial charge in [0.2, 0.25) is 0 Å². The number of nitriles is 1. The molecule has 1 aliphatic heterocycles. The van der Waals surface area contributed by atoms with E-state index in [9.17, 15) is 0 Å². The lowest BCUT2D eigenvalue weighted by Crippen LogP contribution is -2.63. The van der Waals surface area contributed by atoms with Gasteiger partial charge in [0.05, 0.1) is 18.7 Å². The normalized spacial score (nSPS) is 21.4. The molecule has 0 unspecified atom stereocenters. The number of hydrogen-bond donors (Lipinski definition) is 0. The highest BCUT2D eigenvalue weighted by molar-refractivity contribution is 5.11. The summed E-state index contributed by atoms with van der Waals surface area (Å²) in [5.41, 5.74) is 1.12. The van der Waals surface area contributed by atoms with E-state index in [2.05, 4.69) is 22.3 Å². The molecule has 98 valence electrons. The maximum Gasteiger partial charge on any atom is 0.101 e. The van der Waals surface area contributed by atoms with Gasteiger partial charge in [-0.15, -0.1) is 0 Å². The van der Waals surface area contributed by atoms with Gasteiger partial charge in [-0.1, -0.05) is 13.8 Å². The molecule has 0 spiro atoms. The predicted molar refractivity (Wildman–Crippen MR) is 71.1 cm³/mol. The van der Waals surface area contributed by atoms with Crippen LogP contribution in [-0.2, 0) is 5.54 Å². The van der Waals surface area contributed by atoms with Crippen molar-refractivity contribution < 1.29 is 0 Å². The second-order valence-electron chi connectivity index (χ2n) is 5.16. The molecule has 18 heavy (non-hydrogen) atoms. The highest BCUT2D eigenvalue weighted by atomic mass is 15.4.